The molecule has 174 valence electrons. The molecule has 2 saturated heterocycles. The maximum absolute atomic E-state index is 12.9. The van der Waals surface area contributed by atoms with E-state index in [9.17, 15) is 4.39 Å². The van der Waals surface area contributed by atoms with E-state index < -0.39 is 0 Å². The van der Waals surface area contributed by atoms with Crippen LogP contribution in [0.3, 0.4) is 0 Å². The predicted molar refractivity (Wildman–Crippen MR) is 120 cm³/mol. The second kappa shape index (κ2) is 8.93. The van der Waals surface area contributed by atoms with E-state index in [2.05, 4.69) is 25.0 Å². The summed E-state index contributed by atoms with van der Waals surface area (Å²) in [5, 5.41) is 3.58. The number of ether oxygens (including phenoxy) is 1. The van der Waals surface area contributed by atoms with Gasteiger partial charge in [-0.25, -0.2) is 14.4 Å². The molecule has 0 N–H and O–H groups in total. The Kier molecular flexibility index (Phi) is 5.84. The van der Waals surface area contributed by atoms with Crippen LogP contribution in [0.5, 0.6) is 0 Å². The Morgan fingerprint density at radius 2 is 1.97 bits per heavy atom. The summed E-state index contributed by atoms with van der Waals surface area (Å²) >= 11 is 0. The van der Waals surface area contributed by atoms with Gasteiger partial charge in [-0.05, 0) is 36.5 Å². The summed E-state index contributed by atoms with van der Waals surface area (Å²) in [6.07, 6.45) is 6.22. The molecule has 33 heavy (non-hydrogen) atoms. The van der Waals surface area contributed by atoms with Crippen molar-refractivity contribution in [3.63, 3.8) is 0 Å². The Morgan fingerprint density at radius 1 is 1.15 bits per heavy atom. The molecule has 2 unspecified atom stereocenters. The van der Waals surface area contributed by atoms with Crippen molar-refractivity contribution in [1.29, 1.82) is 0 Å². The molecule has 1 saturated carbocycles. The molecule has 3 aromatic rings. The molecule has 10 heteroatoms. The zero-order valence-electron chi connectivity index (χ0n) is 19.0. The van der Waals surface area contributed by atoms with Crippen molar-refractivity contribution in [2.24, 2.45) is 23.9 Å². The van der Waals surface area contributed by atoms with Gasteiger partial charge in [-0.1, -0.05) is 25.1 Å². The van der Waals surface area contributed by atoms with Crippen molar-refractivity contribution in [3.8, 4) is 0 Å². The third kappa shape index (κ3) is 4.47. The molecule has 1 aliphatic carbocycles. The van der Waals surface area contributed by atoms with Crippen LogP contribution in [0.1, 0.15) is 38.0 Å². The summed E-state index contributed by atoms with van der Waals surface area (Å²) in [7, 11) is 1.94. The number of hydrogen-bond acceptors (Lipinski definition) is 8. The second-order valence-electron chi connectivity index (χ2n) is 8.40. The molecular weight excluding hydrogens is 425 g/mol. The average molecular weight is 454 g/mol. The quantitative estimate of drug-likeness (QED) is 0.559. The van der Waals surface area contributed by atoms with Crippen LogP contribution in [0.4, 0.5) is 15.9 Å². The monoisotopic (exact) mass is 453 g/mol. The van der Waals surface area contributed by atoms with Crippen LogP contribution in [0.25, 0.3) is 0 Å². The van der Waals surface area contributed by atoms with Crippen LogP contribution < -0.4 is 4.90 Å². The molecule has 0 radical (unpaired) electrons. The number of aryl methyl sites for hydroxylation is 1. The third-order valence-electron chi connectivity index (χ3n) is 6.23. The van der Waals surface area contributed by atoms with Gasteiger partial charge in [0.05, 0.1) is 18.4 Å². The van der Waals surface area contributed by atoms with E-state index in [1.807, 2.05) is 36.4 Å². The number of aromatic nitrogens is 4. The zero-order valence-corrected chi connectivity index (χ0v) is 19.0. The number of epoxide rings is 1. The second-order valence-corrected chi connectivity index (χ2v) is 8.40. The number of aliphatic imine (C=N–C) groups is 1. The van der Waals surface area contributed by atoms with E-state index in [0.29, 0.717) is 18.3 Å². The van der Waals surface area contributed by atoms with E-state index >= 15 is 0 Å². The Bertz CT molecular complexity index is 1110. The van der Waals surface area contributed by atoms with Gasteiger partial charge in [-0.3, -0.25) is 0 Å². The lowest BCUT2D eigenvalue weighted by Crippen LogP contribution is -2.24. The van der Waals surface area contributed by atoms with Gasteiger partial charge in [0.1, 0.15) is 18.5 Å². The molecule has 9 nitrogen and oxygen atoms in total. The topological polar surface area (TPSA) is 88.1 Å². The van der Waals surface area contributed by atoms with Crippen LogP contribution in [-0.2, 0) is 18.3 Å². The lowest BCUT2D eigenvalue weighted by atomic mass is 10.3. The van der Waals surface area contributed by atoms with Gasteiger partial charge in [0.25, 0.3) is 0 Å². The minimum absolute atomic E-state index is 0.0120. The highest BCUT2D eigenvalue weighted by Gasteiger charge is 2.49. The summed E-state index contributed by atoms with van der Waals surface area (Å²) in [6, 6.07) is 6.91. The number of halogens is 1. The smallest absolute Gasteiger partial charge is 0.246 e. The molecule has 2 aromatic heterocycles. The van der Waals surface area contributed by atoms with E-state index in [-0.39, 0.29) is 18.1 Å². The highest BCUT2D eigenvalue weighted by Crippen LogP contribution is 2.46. The lowest BCUT2D eigenvalue weighted by Gasteiger charge is -2.19. The van der Waals surface area contributed by atoms with Gasteiger partial charge in [0.15, 0.2) is 18.4 Å². The van der Waals surface area contributed by atoms with Crippen LogP contribution in [0, 0.1) is 17.7 Å². The number of hydrogen-bond donors (Lipinski definition) is 0. The standard InChI is InChI=1S/C11H12FN.C10H10N6O2.C2H6/c12-10-2-1-3-11(5-10)13-6-8-4-9(8)7-13;1-15-4-12-9-7(15)8-10(17-8)16(5-13-9)2-6-11-3-14-18-6;1-2/h1-3,5,8-9H,4,6-7H2;3-5,8,10H,2H2,1H3;1-2H3/t8-,9+;;. The molecule has 0 bridgehead atoms. The number of rotatable bonds is 3. The Labute approximate surface area is 191 Å². The fraction of sp³-hybridized carbons (Fsp3) is 0.478. The molecule has 4 atom stereocenters. The van der Waals surface area contributed by atoms with Crippen molar-refractivity contribution in [2.75, 3.05) is 18.0 Å². The molecule has 3 aliphatic heterocycles. The summed E-state index contributed by atoms with van der Waals surface area (Å²) in [4.78, 5) is 16.8. The SMILES string of the molecule is CC.Cn1cnc2c1C1OC1N(Cc1ncno1)C=N2.Fc1cccc(N2C[C@H]3C[C@H]3C2)c1. The largest absolute Gasteiger partial charge is 0.371 e. The van der Waals surface area contributed by atoms with Crippen molar-refractivity contribution in [1.82, 2.24) is 24.6 Å². The van der Waals surface area contributed by atoms with Crippen molar-refractivity contribution in [2.45, 2.75) is 39.1 Å². The first-order valence-corrected chi connectivity index (χ1v) is 11.4. The minimum Gasteiger partial charge on any atom is -0.371 e. The molecule has 5 heterocycles. The van der Waals surface area contributed by atoms with Crippen LogP contribution >= 0.6 is 0 Å². The van der Waals surface area contributed by atoms with E-state index in [0.717, 1.165) is 36.3 Å². The summed E-state index contributed by atoms with van der Waals surface area (Å²) in [6.45, 7) is 6.75. The van der Waals surface area contributed by atoms with Crippen LogP contribution in [0.15, 0.2) is 46.4 Å². The van der Waals surface area contributed by atoms with E-state index in [1.165, 1.54) is 18.8 Å². The Hall–Kier alpha value is -3.27. The van der Waals surface area contributed by atoms with E-state index in [4.69, 9.17) is 9.26 Å². The predicted octanol–water partition coefficient (Wildman–Crippen LogP) is 3.68. The van der Waals surface area contributed by atoms with Gasteiger partial charge in [0, 0.05) is 25.8 Å². The maximum Gasteiger partial charge on any atom is 0.246 e. The molecule has 0 amide bonds. The molecule has 1 aromatic carbocycles. The van der Waals surface area contributed by atoms with Gasteiger partial charge >= 0.3 is 0 Å². The number of imidazole rings is 1. The van der Waals surface area contributed by atoms with Gasteiger partial charge in [0.2, 0.25) is 5.89 Å². The molecular formula is C23H28FN7O2. The van der Waals surface area contributed by atoms with Gasteiger partial charge < -0.3 is 23.6 Å². The lowest BCUT2D eigenvalue weighted by molar-refractivity contribution is 0.232. The number of benzene rings is 1. The normalized spacial score (nSPS) is 25.6. The fourth-order valence-electron chi connectivity index (χ4n) is 4.44. The van der Waals surface area contributed by atoms with Crippen LogP contribution in [-0.4, -0.2) is 50.2 Å². The van der Waals surface area contributed by atoms with Crippen molar-refractivity contribution < 1.29 is 13.7 Å². The molecule has 3 fully saturated rings. The molecule has 0 spiro atoms. The zero-order chi connectivity index (χ0) is 22.9. The number of piperidine rings is 1. The summed E-state index contributed by atoms with van der Waals surface area (Å²) in [5.74, 6) is 2.93. The van der Waals surface area contributed by atoms with Crippen molar-refractivity contribution in [3.05, 3.63) is 54.3 Å². The number of anilines is 1. The van der Waals surface area contributed by atoms with Crippen molar-refractivity contribution >= 4 is 17.8 Å². The molecule has 7 rings (SSSR count). The van der Waals surface area contributed by atoms with E-state index in [1.54, 1.807) is 24.8 Å². The Morgan fingerprint density at radius 3 is 2.70 bits per heavy atom. The highest BCUT2D eigenvalue weighted by molar-refractivity contribution is 5.64. The first-order valence-electron chi connectivity index (χ1n) is 11.4. The first kappa shape index (κ1) is 21.6. The van der Waals surface area contributed by atoms with Gasteiger partial charge in [-0.15, -0.1) is 0 Å². The highest BCUT2D eigenvalue weighted by atomic mass is 19.1. The third-order valence-corrected chi connectivity index (χ3v) is 6.23. The molecule has 4 aliphatic rings. The number of fused-ring (bicyclic) bond motifs is 4. The number of nitrogens with zero attached hydrogens (tertiary/aromatic N) is 7. The maximum atomic E-state index is 12.9. The fourth-order valence-corrected chi connectivity index (χ4v) is 4.44. The average Bonchev–Trinajstić information content (AvgIpc) is 3.60. The van der Waals surface area contributed by atoms with Gasteiger partial charge in [-0.2, -0.15) is 4.98 Å². The summed E-state index contributed by atoms with van der Waals surface area (Å²) < 4.78 is 25.5. The Balaban J connectivity index is 0.000000135. The minimum atomic E-state index is -0.127. The first-order chi connectivity index (χ1) is 16.2. The van der Waals surface area contributed by atoms with Crippen LogP contribution in [0.2, 0.25) is 0 Å². The summed E-state index contributed by atoms with van der Waals surface area (Å²) in [5.41, 5.74) is 2.05.